The van der Waals surface area contributed by atoms with Crippen molar-refractivity contribution in [3.8, 4) is 11.1 Å². The van der Waals surface area contributed by atoms with Crippen LogP contribution in [0.3, 0.4) is 0 Å². The minimum Gasteiger partial charge on any atom is -0.478 e. The molecule has 0 atom stereocenters. The van der Waals surface area contributed by atoms with Gasteiger partial charge in [-0.25, -0.2) is 14.5 Å². The highest BCUT2D eigenvalue weighted by molar-refractivity contribution is 5.95. The molecule has 0 aliphatic carbocycles. The number of pyridine rings is 1. The Labute approximate surface area is 158 Å². The Morgan fingerprint density at radius 3 is 2.63 bits per heavy atom. The van der Waals surface area contributed by atoms with Crippen LogP contribution in [0.5, 0.6) is 0 Å². The highest BCUT2D eigenvalue weighted by Crippen LogP contribution is 2.23. The molecule has 1 N–H and O–H groups in total. The standard InChI is InChI=1S/C21H24N4O2/c1-3-4-5-6-20-23-15(2)24-25(20)14-16-7-9-17(10-8-16)19-13-22-12-11-18(19)21(26)27/h7-13H,3-6,14H2,1-2H3,(H,26,27). The number of hydrogen-bond acceptors (Lipinski definition) is 4. The van der Waals surface area contributed by atoms with Crippen molar-refractivity contribution in [2.45, 2.75) is 46.1 Å². The number of hydrogen-bond donors (Lipinski definition) is 1. The molecule has 0 aliphatic rings. The number of aromatic carboxylic acids is 1. The topological polar surface area (TPSA) is 80.9 Å². The summed E-state index contributed by atoms with van der Waals surface area (Å²) < 4.78 is 1.97. The van der Waals surface area contributed by atoms with Gasteiger partial charge >= 0.3 is 5.97 Å². The van der Waals surface area contributed by atoms with Crippen molar-refractivity contribution in [1.29, 1.82) is 0 Å². The maximum atomic E-state index is 11.4. The third kappa shape index (κ3) is 4.58. The first-order valence-electron chi connectivity index (χ1n) is 9.25. The van der Waals surface area contributed by atoms with Gasteiger partial charge in [-0.3, -0.25) is 4.98 Å². The Balaban J connectivity index is 1.78. The number of carboxylic acid groups (broad SMARTS) is 1. The number of aromatic nitrogens is 4. The van der Waals surface area contributed by atoms with Gasteiger partial charge in [0.1, 0.15) is 11.6 Å². The molecule has 0 saturated heterocycles. The molecular formula is C21H24N4O2. The summed E-state index contributed by atoms with van der Waals surface area (Å²) in [7, 11) is 0. The van der Waals surface area contributed by atoms with Crippen LogP contribution in [0.2, 0.25) is 0 Å². The number of aryl methyl sites for hydroxylation is 2. The van der Waals surface area contributed by atoms with E-state index in [-0.39, 0.29) is 5.56 Å². The molecule has 1 aromatic carbocycles. The summed E-state index contributed by atoms with van der Waals surface area (Å²) >= 11 is 0. The first kappa shape index (κ1) is 18.8. The molecule has 140 valence electrons. The second kappa shape index (κ2) is 8.58. The van der Waals surface area contributed by atoms with E-state index >= 15 is 0 Å². The summed E-state index contributed by atoms with van der Waals surface area (Å²) in [4.78, 5) is 20.0. The SMILES string of the molecule is CCCCCc1nc(C)nn1Cc1ccc(-c2cnccc2C(=O)O)cc1. The Morgan fingerprint density at radius 1 is 1.15 bits per heavy atom. The Bertz CT molecular complexity index is 916. The molecule has 0 aliphatic heterocycles. The Morgan fingerprint density at radius 2 is 1.93 bits per heavy atom. The van der Waals surface area contributed by atoms with Crippen molar-refractivity contribution in [3.63, 3.8) is 0 Å². The fraction of sp³-hybridized carbons (Fsp3) is 0.333. The molecule has 3 rings (SSSR count). The second-order valence-electron chi connectivity index (χ2n) is 6.61. The van der Waals surface area contributed by atoms with Gasteiger partial charge in [-0.2, -0.15) is 5.10 Å². The summed E-state index contributed by atoms with van der Waals surface area (Å²) in [6.07, 6.45) is 7.51. The van der Waals surface area contributed by atoms with E-state index in [2.05, 4.69) is 22.0 Å². The molecule has 6 nitrogen and oxygen atoms in total. The third-order valence-corrected chi connectivity index (χ3v) is 4.51. The molecule has 0 saturated carbocycles. The molecule has 3 aromatic rings. The summed E-state index contributed by atoms with van der Waals surface area (Å²) in [6, 6.07) is 9.38. The molecule has 27 heavy (non-hydrogen) atoms. The quantitative estimate of drug-likeness (QED) is 0.608. The van der Waals surface area contributed by atoms with Crippen LogP contribution in [0.4, 0.5) is 0 Å². The van der Waals surface area contributed by atoms with Crippen LogP contribution in [0.1, 0.15) is 53.8 Å². The smallest absolute Gasteiger partial charge is 0.336 e. The van der Waals surface area contributed by atoms with Crippen molar-refractivity contribution in [2.24, 2.45) is 0 Å². The van der Waals surface area contributed by atoms with E-state index < -0.39 is 5.97 Å². The maximum absolute atomic E-state index is 11.4. The van der Waals surface area contributed by atoms with Gasteiger partial charge in [0.05, 0.1) is 12.1 Å². The lowest BCUT2D eigenvalue weighted by molar-refractivity contribution is 0.0697. The average molecular weight is 364 g/mol. The third-order valence-electron chi connectivity index (χ3n) is 4.51. The van der Waals surface area contributed by atoms with Crippen molar-refractivity contribution in [1.82, 2.24) is 19.7 Å². The molecule has 0 spiro atoms. The summed E-state index contributed by atoms with van der Waals surface area (Å²) in [6.45, 7) is 4.76. The molecule has 0 bridgehead atoms. The fourth-order valence-electron chi connectivity index (χ4n) is 3.12. The second-order valence-corrected chi connectivity index (χ2v) is 6.61. The summed E-state index contributed by atoms with van der Waals surface area (Å²) in [5.41, 5.74) is 2.81. The van der Waals surface area contributed by atoms with Crippen molar-refractivity contribution in [3.05, 3.63) is 65.5 Å². The van der Waals surface area contributed by atoms with Gasteiger partial charge in [-0.05, 0) is 30.5 Å². The first-order chi connectivity index (χ1) is 13.1. The highest BCUT2D eigenvalue weighted by Gasteiger charge is 2.12. The number of unbranched alkanes of at least 4 members (excludes halogenated alkanes) is 2. The van der Waals surface area contributed by atoms with Gasteiger partial charge in [-0.15, -0.1) is 0 Å². The monoisotopic (exact) mass is 364 g/mol. The van der Waals surface area contributed by atoms with Crippen molar-refractivity contribution >= 4 is 5.97 Å². The zero-order chi connectivity index (χ0) is 19.2. The lowest BCUT2D eigenvalue weighted by Crippen LogP contribution is -2.07. The van der Waals surface area contributed by atoms with E-state index in [0.717, 1.165) is 35.6 Å². The van der Waals surface area contributed by atoms with Crippen LogP contribution < -0.4 is 0 Å². The van der Waals surface area contributed by atoms with Gasteiger partial charge in [0.25, 0.3) is 0 Å². The lowest BCUT2D eigenvalue weighted by Gasteiger charge is -2.09. The van der Waals surface area contributed by atoms with Gasteiger partial charge < -0.3 is 5.11 Å². The normalized spacial score (nSPS) is 10.9. The summed E-state index contributed by atoms with van der Waals surface area (Å²) in [5.74, 6) is 0.858. The van der Waals surface area contributed by atoms with Gasteiger partial charge in [0, 0.05) is 24.4 Å². The van der Waals surface area contributed by atoms with Crippen LogP contribution in [-0.4, -0.2) is 30.8 Å². The molecule has 0 unspecified atom stereocenters. The van der Waals surface area contributed by atoms with Crippen LogP contribution in [-0.2, 0) is 13.0 Å². The van der Waals surface area contributed by atoms with E-state index in [9.17, 15) is 9.90 Å². The number of carbonyl (C=O) groups is 1. The van der Waals surface area contributed by atoms with Gasteiger partial charge in [-0.1, -0.05) is 44.0 Å². The lowest BCUT2D eigenvalue weighted by atomic mass is 10.0. The van der Waals surface area contributed by atoms with Gasteiger partial charge in [0.15, 0.2) is 0 Å². The molecule has 2 aromatic heterocycles. The largest absolute Gasteiger partial charge is 0.478 e. The number of benzene rings is 1. The zero-order valence-corrected chi connectivity index (χ0v) is 15.7. The predicted octanol–water partition coefficient (Wildman–Crippen LogP) is 4.13. The zero-order valence-electron chi connectivity index (χ0n) is 15.7. The molecule has 0 fully saturated rings. The first-order valence-corrected chi connectivity index (χ1v) is 9.25. The van der Waals surface area contributed by atoms with E-state index in [1.54, 1.807) is 6.20 Å². The molecule has 2 heterocycles. The van der Waals surface area contributed by atoms with Crippen LogP contribution in [0, 0.1) is 6.92 Å². The Hall–Kier alpha value is -3.02. The van der Waals surface area contributed by atoms with Crippen LogP contribution >= 0.6 is 0 Å². The van der Waals surface area contributed by atoms with Crippen molar-refractivity contribution < 1.29 is 9.90 Å². The molecule has 0 amide bonds. The minimum atomic E-state index is -0.953. The number of carboxylic acids is 1. The van der Waals surface area contributed by atoms with E-state index in [0.29, 0.717) is 12.1 Å². The van der Waals surface area contributed by atoms with Crippen molar-refractivity contribution in [2.75, 3.05) is 0 Å². The molecule has 0 radical (unpaired) electrons. The molecular weight excluding hydrogens is 340 g/mol. The highest BCUT2D eigenvalue weighted by atomic mass is 16.4. The van der Waals surface area contributed by atoms with E-state index in [1.165, 1.54) is 25.1 Å². The average Bonchev–Trinajstić information content (AvgIpc) is 3.01. The summed E-state index contributed by atoms with van der Waals surface area (Å²) in [5, 5.41) is 13.9. The minimum absolute atomic E-state index is 0.253. The number of nitrogens with zero attached hydrogens (tertiary/aromatic N) is 4. The Kier molecular flexibility index (Phi) is 5.96. The molecule has 6 heteroatoms. The van der Waals surface area contributed by atoms with Gasteiger partial charge in [0.2, 0.25) is 0 Å². The van der Waals surface area contributed by atoms with Crippen LogP contribution in [0.15, 0.2) is 42.7 Å². The number of rotatable bonds is 8. The van der Waals surface area contributed by atoms with E-state index in [1.807, 2.05) is 35.9 Å². The predicted molar refractivity (Wildman–Crippen MR) is 104 cm³/mol. The van der Waals surface area contributed by atoms with E-state index in [4.69, 9.17) is 0 Å². The van der Waals surface area contributed by atoms with Crippen LogP contribution in [0.25, 0.3) is 11.1 Å². The maximum Gasteiger partial charge on any atom is 0.336 e. The fourth-order valence-corrected chi connectivity index (χ4v) is 3.12.